The van der Waals surface area contributed by atoms with Crippen molar-refractivity contribution in [2.24, 2.45) is 5.73 Å². The Balaban J connectivity index is 2.70. The molecule has 0 fully saturated rings. The van der Waals surface area contributed by atoms with Gasteiger partial charge in [0.2, 0.25) is 0 Å². The van der Waals surface area contributed by atoms with Gasteiger partial charge in [-0.15, -0.1) is 11.3 Å². The van der Waals surface area contributed by atoms with E-state index < -0.39 is 0 Å². The standard InChI is InChI=1S/C7H7BrN2S/c8-5-3-7(11-4-5)6(10)1-2-9/h3-4,6H,1,10H2. The van der Waals surface area contributed by atoms with E-state index in [0.29, 0.717) is 6.42 Å². The summed E-state index contributed by atoms with van der Waals surface area (Å²) in [7, 11) is 0. The van der Waals surface area contributed by atoms with Gasteiger partial charge in [0.15, 0.2) is 0 Å². The van der Waals surface area contributed by atoms with Crippen LogP contribution in [0, 0.1) is 11.3 Å². The lowest BCUT2D eigenvalue weighted by Gasteiger charge is -2.01. The summed E-state index contributed by atoms with van der Waals surface area (Å²) in [5.74, 6) is 0. The van der Waals surface area contributed by atoms with E-state index in [1.54, 1.807) is 11.3 Å². The van der Waals surface area contributed by atoms with Crippen LogP contribution in [0.4, 0.5) is 0 Å². The minimum Gasteiger partial charge on any atom is -0.322 e. The summed E-state index contributed by atoms with van der Waals surface area (Å²) in [5.41, 5.74) is 5.69. The van der Waals surface area contributed by atoms with Gasteiger partial charge in [-0.25, -0.2) is 0 Å². The van der Waals surface area contributed by atoms with Gasteiger partial charge in [-0.3, -0.25) is 0 Å². The SMILES string of the molecule is N#CCC(N)c1cc(Br)cs1. The summed E-state index contributed by atoms with van der Waals surface area (Å²) < 4.78 is 1.03. The second-order valence-electron chi connectivity index (χ2n) is 2.14. The quantitative estimate of drug-likeness (QED) is 0.849. The molecule has 1 aromatic rings. The number of nitrogens with zero attached hydrogens (tertiary/aromatic N) is 1. The van der Waals surface area contributed by atoms with E-state index in [4.69, 9.17) is 11.0 Å². The molecule has 0 aliphatic carbocycles. The molecule has 4 heteroatoms. The Kier molecular flexibility index (Phi) is 3.06. The van der Waals surface area contributed by atoms with Crippen molar-refractivity contribution in [2.45, 2.75) is 12.5 Å². The van der Waals surface area contributed by atoms with Crippen molar-refractivity contribution >= 4 is 27.3 Å². The number of nitriles is 1. The second kappa shape index (κ2) is 3.86. The molecule has 2 N–H and O–H groups in total. The smallest absolute Gasteiger partial charge is 0.0642 e. The summed E-state index contributed by atoms with van der Waals surface area (Å²) in [6.45, 7) is 0. The second-order valence-corrected chi connectivity index (χ2v) is 3.99. The normalized spacial score (nSPS) is 12.5. The molecule has 1 heterocycles. The van der Waals surface area contributed by atoms with E-state index >= 15 is 0 Å². The predicted molar refractivity (Wildman–Crippen MR) is 49.2 cm³/mol. The third-order valence-corrected chi connectivity index (χ3v) is 3.09. The molecule has 0 radical (unpaired) electrons. The van der Waals surface area contributed by atoms with E-state index in [1.165, 1.54) is 0 Å². The fourth-order valence-electron chi connectivity index (χ4n) is 0.722. The molecule has 1 unspecified atom stereocenters. The van der Waals surface area contributed by atoms with Crippen molar-refractivity contribution < 1.29 is 0 Å². The minimum atomic E-state index is -0.128. The van der Waals surface area contributed by atoms with Crippen LogP contribution in [0.25, 0.3) is 0 Å². The Labute approximate surface area is 77.8 Å². The van der Waals surface area contributed by atoms with Crippen LogP contribution in [0.5, 0.6) is 0 Å². The molecule has 0 saturated heterocycles. The maximum absolute atomic E-state index is 8.37. The van der Waals surface area contributed by atoms with Crippen molar-refractivity contribution in [2.75, 3.05) is 0 Å². The number of halogens is 1. The van der Waals surface area contributed by atoms with Gasteiger partial charge in [0, 0.05) is 14.7 Å². The Hall–Kier alpha value is -0.370. The predicted octanol–water partition coefficient (Wildman–Crippen LogP) is 2.42. The highest BCUT2D eigenvalue weighted by Crippen LogP contribution is 2.25. The van der Waals surface area contributed by atoms with Crippen molar-refractivity contribution in [3.63, 3.8) is 0 Å². The summed E-state index contributed by atoms with van der Waals surface area (Å²) in [5, 5.41) is 10.3. The summed E-state index contributed by atoms with van der Waals surface area (Å²) in [4.78, 5) is 1.05. The number of thiophene rings is 1. The Morgan fingerprint density at radius 2 is 2.55 bits per heavy atom. The maximum atomic E-state index is 8.37. The van der Waals surface area contributed by atoms with Crippen LogP contribution in [-0.4, -0.2) is 0 Å². The first kappa shape index (κ1) is 8.72. The first-order chi connectivity index (χ1) is 5.24. The highest BCUT2D eigenvalue weighted by atomic mass is 79.9. The average Bonchev–Trinajstić information content (AvgIpc) is 2.36. The average molecular weight is 231 g/mol. The molecule has 0 aliphatic heterocycles. The number of nitrogens with two attached hydrogens (primary N) is 1. The van der Waals surface area contributed by atoms with E-state index in [2.05, 4.69) is 15.9 Å². The lowest BCUT2D eigenvalue weighted by atomic mass is 10.2. The van der Waals surface area contributed by atoms with Gasteiger partial charge < -0.3 is 5.73 Å². The molecule has 0 amide bonds. The fourth-order valence-corrected chi connectivity index (χ4v) is 2.17. The molecular weight excluding hydrogens is 224 g/mol. The van der Waals surface area contributed by atoms with Crippen LogP contribution in [0.1, 0.15) is 17.3 Å². The number of hydrogen-bond donors (Lipinski definition) is 1. The summed E-state index contributed by atoms with van der Waals surface area (Å²) in [6.07, 6.45) is 0.382. The van der Waals surface area contributed by atoms with E-state index in [1.807, 2.05) is 17.5 Å². The molecule has 1 aromatic heterocycles. The zero-order valence-electron chi connectivity index (χ0n) is 5.75. The third kappa shape index (κ3) is 2.29. The van der Waals surface area contributed by atoms with Crippen molar-refractivity contribution in [3.8, 4) is 6.07 Å². The molecule has 0 saturated carbocycles. The summed E-state index contributed by atoms with van der Waals surface area (Å²) >= 11 is 4.90. The lowest BCUT2D eigenvalue weighted by molar-refractivity contribution is 0.764. The molecule has 0 spiro atoms. The Morgan fingerprint density at radius 3 is 3.00 bits per heavy atom. The van der Waals surface area contributed by atoms with E-state index in [9.17, 15) is 0 Å². The Morgan fingerprint density at radius 1 is 1.82 bits per heavy atom. The molecule has 1 rings (SSSR count). The van der Waals surface area contributed by atoms with Crippen LogP contribution in [0.15, 0.2) is 15.9 Å². The summed E-state index contributed by atoms with van der Waals surface area (Å²) in [6, 6.07) is 3.86. The molecule has 58 valence electrons. The molecular formula is C7H7BrN2S. The topological polar surface area (TPSA) is 49.8 Å². The maximum Gasteiger partial charge on any atom is 0.0642 e. The number of rotatable bonds is 2. The third-order valence-electron chi connectivity index (χ3n) is 1.26. The minimum absolute atomic E-state index is 0.128. The highest BCUT2D eigenvalue weighted by Gasteiger charge is 2.06. The van der Waals surface area contributed by atoms with Crippen LogP contribution in [0.3, 0.4) is 0 Å². The van der Waals surface area contributed by atoms with Crippen molar-refractivity contribution in [1.29, 1.82) is 5.26 Å². The molecule has 2 nitrogen and oxygen atoms in total. The lowest BCUT2D eigenvalue weighted by Crippen LogP contribution is -2.06. The van der Waals surface area contributed by atoms with Crippen LogP contribution in [0.2, 0.25) is 0 Å². The van der Waals surface area contributed by atoms with Crippen molar-refractivity contribution in [1.82, 2.24) is 0 Å². The van der Waals surface area contributed by atoms with E-state index in [0.717, 1.165) is 9.35 Å². The first-order valence-electron chi connectivity index (χ1n) is 3.10. The highest BCUT2D eigenvalue weighted by molar-refractivity contribution is 9.10. The van der Waals surface area contributed by atoms with Crippen molar-refractivity contribution in [3.05, 3.63) is 20.8 Å². The molecule has 11 heavy (non-hydrogen) atoms. The van der Waals surface area contributed by atoms with Gasteiger partial charge in [0.25, 0.3) is 0 Å². The van der Waals surface area contributed by atoms with Gasteiger partial charge in [-0.1, -0.05) is 0 Å². The first-order valence-corrected chi connectivity index (χ1v) is 4.77. The Bertz CT molecular complexity index is 276. The van der Waals surface area contributed by atoms with Crippen LogP contribution >= 0.6 is 27.3 Å². The van der Waals surface area contributed by atoms with E-state index in [-0.39, 0.29) is 6.04 Å². The fraction of sp³-hybridized carbons (Fsp3) is 0.286. The zero-order chi connectivity index (χ0) is 8.27. The van der Waals surface area contributed by atoms with Gasteiger partial charge in [-0.2, -0.15) is 5.26 Å². The number of hydrogen-bond acceptors (Lipinski definition) is 3. The zero-order valence-corrected chi connectivity index (χ0v) is 8.15. The monoisotopic (exact) mass is 230 g/mol. The van der Waals surface area contributed by atoms with Gasteiger partial charge in [0.1, 0.15) is 0 Å². The van der Waals surface area contributed by atoms with Gasteiger partial charge in [0.05, 0.1) is 18.5 Å². The molecule has 0 aliphatic rings. The van der Waals surface area contributed by atoms with Crippen LogP contribution < -0.4 is 5.73 Å². The van der Waals surface area contributed by atoms with Crippen LogP contribution in [-0.2, 0) is 0 Å². The molecule has 1 atom stereocenters. The largest absolute Gasteiger partial charge is 0.322 e. The van der Waals surface area contributed by atoms with Gasteiger partial charge >= 0.3 is 0 Å². The van der Waals surface area contributed by atoms with Gasteiger partial charge in [-0.05, 0) is 22.0 Å². The molecule has 0 bridgehead atoms. The molecule has 0 aromatic carbocycles.